The van der Waals surface area contributed by atoms with Crippen molar-refractivity contribution in [3.05, 3.63) is 51.8 Å². The Morgan fingerprint density at radius 2 is 1.78 bits per heavy atom. The van der Waals surface area contributed by atoms with Gasteiger partial charge in [0.2, 0.25) is 10.0 Å². The number of fused-ring (bicyclic) bond motifs is 2. The van der Waals surface area contributed by atoms with Gasteiger partial charge in [0.25, 0.3) is 5.56 Å². The van der Waals surface area contributed by atoms with Crippen molar-refractivity contribution in [3.63, 3.8) is 0 Å². The lowest BCUT2D eigenvalue weighted by Crippen LogP contribution is -2.48. The number of nitrogens with one attached hydrogen (secondary N) is 4. The van der Waals surface area contributed by atoms with Crippen LogP contribution < -0.4 is 21.1 Å². The van der Waals surface area contributed by atoms with E-state index in [-0.39, 0.29) is 5.56 Å². The van der Waals surface area contributed by atoms with Gasteiger partial charge in [-0.1, -0.05) is 11.6 Å². The molecule has 5 rings (SSSR count). The number of imidazole rings is 1. The topological polar surface area (TPSA) is 126 Å². The van der Waals surface area contributed by atoms with E-state index in [0.717, 1.165) is 22.1 Å². The molecule has 36 heavy (non-hydrogen) atoms. The predicted octanol–water partition coefficient (Wildman–Crippen LogP) is 2.44. The van der Waals surface area contributed by atoms with Crippen LogP contribution in [0.2, 0.25) is 5.02 Å². The van der Waals surface area contributed by atoms with Gasteiger partial charge in [0.05, 0.1) is 28.5 Å². The second-order valence-electron chi connectivity index (χ2n) is 8.86. The monoisotopic (exact) mass is 529 g/mol. The maximum absolute atomic E-state index is 13.2. The third-order valence-corrected chi connectivity index (χ3v) is 7.97. The summed E-state index contributed by atoms with van der Waals surface area (Å²) in [5.74, 6) is 0.458. The Bertz CT molecular complexity index is 1590. The van der Waals surface area contributed by atoms with Crippen LogP contribution in [0.15, 0.2) is 41.2 Å². The summed E-state index contributed by atoms with van der Waals surface area (Å²) in [5, 5.41) is 7.86. The molecule has 1 aliphatic rings. The minimum absolute atomic E-state index is 0.257. The lowest BCUT2D eigenvalue weighted by Gasteiger charge is -2.34. The Hall–Kier alpha value is -3.12. The first kappa shape index (κ1) is 24.6. The van der Waals surface area contributed by atoms with Gasteiger partial charge in [0.1, 0.15) is 11.4 Å². The molecular weight excluding hydrogens is 502 g/mol. The van der Waals surface area contributed by atoms with Crippen LogP contribution in [0.25, 0.3) is 33.3 Å². The average molecular weight is 530 g/mol. The summed E-state index contributed by atoms with van der Waals surface area (Å²) in [4.78, 5) is 26.4. The van der Waals surface area contributed by atoms with Gasteiger partial charge in [-0.3, -0.25) is 4.79 Å². The molecule has 0 spiro atoms. The normalized spacial score (nSPS) is 15.1. The van der Waals surface area contributed by atoms with Crippen molar-refractivity contribution in [2.75, 3.05) is 62.8 Å². The smallest absolute Gasteiger partial charge is 0.261 e. The summed E-state index contributed by atoms with van der Waals surface area (Å²) in [6.45, 7) is 3.41. The molecule has 12 heteroatoms. The van der Waals surface area contributed by atoms with E-state index < -0.39 is 10.0 Å². The zero-order valence-electron chi connectivity index (χ0n) is 20.1. The lowest BCUT2D eigenvalue weighted by atomic mass is 10.1. The Kier molecular flexibility index (Phi) is 6.64. The van der Waals surface area contributed by atoms with Crippen LogP contribution in [0.5, 0.6) is 0 Å². The second kappa shape index (κ2) is 9.74. The molecule has 4 N–H and O–H groups in total. The number of anilines is 2. The number of aromatic nitrogens is 3. The molecule has 1 aliphatic heterocycles. The van der Waals surface area contributed by atoms with E-state index in [9.17, 15) is 13.2 Å². The Labute approximate surface area is 213 Å². The van der Waals surface area contributed by atoms with Crippen LogP contribution in [0.3, 0.4) is 0 Å². The number of benzene rings is 2. The quantitative estimate of drug-likeness (QED) is 0.271. The Morgan fingerprint density at radius 3 is 2.50 bits per heavy atom. The molecule has 4 aromatic rings. The van der Waals surface area contributed by atoms with Crippen molar-refractivity contribution < 1.29 is 8.42 Å². The molecule has 0 amide bonds. The van der Waals surface area contributed by atoms with Gasteiger partial charge in [0.15, 0.2) is 0 Å². The van der Waals surface area contributed by atoms with Crippen LogP contribution in [-0.4, -0.2) is 80.2 Å². The molecular formula is C24H28ClN7O3S. The van der Waals surface area contributed by atoms with E-state index in [1.807, 2.05) is 31.3 Å². The van der Waals surface area contributed by atoms with Gasteiger partial charge in [-0.2, -0.15) is 4.31 Å². The summed E-state index contributed by atoms with van der Waals surface area (Å²) in [7, 11) is -1.32. The van der Waals surface area contributed by atoms with Crippen LogP contribution >= 0.6 is 11.6 Å². The van der Waals surface area contributed by atoms with Gasteiger partial charge in [0, 0.05) is 55.4 Å². The largest absolute Gasteiger partial charge is 0.382 e. The summed E-state index contributed by atoms with van der Waals surface area (Å²) >= 11 is 6.28. The molecule has 0 aliphatic carbocycles. The first-order valence-corrected chi connectivity index (χ1v) is 13.9. The maximum Gasteiger partial charge on any atom is 0.261 e. The highest BCUT2D eigenvalue weighted by molar-refractivity contribution is 7.88. The summed E-state index contributed by atoms with van der Waals surface area (Å²) < 4.78 is 25.2. The molecule has 1 fully saturated rings. The third-order valence-electron chi connectivity index (χ3n) is 6.43. The van der Waals surface area contributed by atoms with Crippen LogP contribution in [-0.2, 0) is 10.0 Å². The summed E-state index contributed by atoms with van der Waals surface area (Å²) in [6.07, 6.45) is 1.24. The number of likely N-dealkylation sites (N-methyl/N-ethyl adjacent to an activating group) is 1. The van der Waals surface area contributed by atoms with E-state index in [4.69, 9.17) is 16.6 Å². The Morgan fingerprint density at radius 1 is 1.03 bits per heavy atom. The zero-order chi connectivity index (χ0) is 25.4. The second-order valence-corrected chi connectivity index (χ2v) is 11.3. The average Bonchev–Trinajstić information content (AvgIpc) is 3.27. The SMILES string of the molecule is CNCCNc1c(-c2nc3cc(N4CCN(S(C)(=O)=O)CC4)ccc3[nH]2)c(=O)[nH]c2ccc(Cl)cc12. The van der Waals surface area contributed by atoms with Gasteiger partial charge in [-0.25, -0.2) is 13.4 Å². The molecule has 3 heterocycles. The van der Waals surface area contributed by atoms with Gasteiger partial charge in [-0.15, -0.1) is 0 Å². The van der Waals surface area contributed by atoms with Crippen molar-refractivity contribution in [2.24, 2.45) is 0 Å². The van der Waals surface area contributed by atoms with Crippen LogP contribution in [0.4, 0.5) is 11.4 Å². The predicted molar refractivity (Wildman–Crippen MR) is 146 cm³/mol. The zero-order valence-corrected chi connectivity index (χ0v) is 21.6. The number of nitrogens with zero attached hydrogens (tertiary/aromatic N) is 3. The number of pyridine rings is 1. The van der Waals surface area contributed by atoms with E-state index in [1.165, 1.54) is 10.6 Å². The highest BCUT2D eigenvalue weighted by atomic mass is 35.5. The van der Waals surface area contributed by atoms with Crippen molar-refractivity contribution in [1.29, 1.82) is 0 Å². The molecule has 0 saturated carbocycles. The number of rotatable bonds is 7. The van der Waals surface area contributed by atoms with E-state index in [2.05, 4.69) is 25.5 Å². The molecule has 2 aromatic heterocycles. The number of hydrogen-bond donors (Lipinski definition) is 4. The molecule has 2 aromatic carbocycles. The Balaban J connectivity index is 1.53. The minimum Gasteiger partial charge on any atom is -0.382 e. The third kappa shape index (κ3) is 4.79. The number of piperazine rings is 1. The fraction of sp³-hybridized carbons (Fsp3) is 0.333. The van der Waals surface area contributed by atoms with Crippen LogP contribution in [0, 0.1) is 0 Å². The van der Waals surface area contributed by atoms with Crippen LogP contribution in [0.1, 0.15) is 0 Å². The number of aromatic amines is 2. The fourth-order valence-electron chi connectivity index (χ4n) is 4.57. The van der Waals surface area contributed by atoms with E-state index >= 15 is 0 Å². The minimum atomic E-state index is -3.19. The van der Waals surface area contributed by atoms with Crippen molar-refractivity contribution >= 4 is 54.9 Å². The number of hydrogen-bond acceptors (Lipinski definition) is 7. The van der Waals surface area contributed by atoms with Crippen molar-refractivity contribution in [1.82, 2.24) is 24.6 Å². The number of H-pyrrole nitrogens is 2. The molecule has 0 radical (unpaired) electrons. The van der Waals surface area contributed by atoms with Gasteiger partial charge in [-0.05, 0) is 43.4 Å². The number of halogens is 1. The van der Waals surface area contributed by atoms with E-state index in [1.54, 1.807) is 12.1 Å². The molecule has 10 nitrogen and oxygen atoms in total. The molecule has 0 atom stereocenters. The van der Waals surface area contributed by atoms with Crippen molar-refractivity contribution in [3.8, 4) is 11.4 Å². The highest BCUT2D eigenvalue weighted by Crippen LogP contribution is 2.33. The standard InChI is InChI=1S/C24H28ClN7O3S/c1-26-7-8-27-22-17-13-15(25)3-5-18(17)30-24(33)21(22)23-28-19-6-4-16(14-20(19)29-23)31-9-11-32(12-10-31)36(2,34)35/h3-6,13-14,26H,7-12H2,1-2H3,(H,28,29)(H2,27,30,33). The summed E-state index contributed by atoms with van der Waals surface area (Å²) in [5.41, 5.74) is 4.00. The van der Waals surface area contributed by atoms with Gasteiger partial charge < -0.3 is 25.5 Å². The van der Waals surface area contributed by atoms with Gasteiger partial charge >= 0.3 is 0 Å². The molecule has 0 bridgehead atoms. The summed E-state index contributed by atoms with van der Waals surface area (Å²) in [6, 6.07) is 11.2. The first-order valence-electron chi connectivity index (χ1n) is 11.7. The number of sulfonamides is 1. The van der Waals surface area contributed by atoms with Crippen molar-refractivity contribution in [2.45, 2.75) is 0 Å². The molecule has 0 unspecified atom stereocenters. The maximum atomic E-state index is 13.2. The molecule has 1 saturated heterocycles. The first-order chi connectivity index (χ1) is 17.2. The van der Waals surface area contributed by atoms with E-state index in [0.29, 0.717) is 66.9 Å². The highest BCUT2D eigenvalue weighted by Gasteiger charge is 2.24. The molecule has 190 valence electrons. The lowest BCUT2D eigenvalue weighted by molar-refractivity contribution is 0.388. The fourth-order valence-corrected chi connectivity index (χ4v) is 5.57.